The molecule has 0 N–H and O–H groups in total. The van der Waals surface area contributed by atoms with Crippen LogP contribution in [0, 0.1) is 0 Å². The van der Waals surface area contributed by atoms with Gasteiger partial charge in [-0.25, -0.2) is 4.79 Å². The van der Waals surface area contributed by atoms with Crippen molar-refractivity contribution < 1.29 is 19.1 Å². The molecule has 0 atom stereocenters. The molecule has 0 fully saturated rings. The first kappa shape index (κ1) is 20.5. The summed E-state index contributed by atoms with van der Waals surface area (Å²) < 4.78 is 12.6. The number of carbonyl (C=O) groups excluding carboxylic acids is 2. The topological polar surface area (TPSA) is 69.9 Å². The molecule has 2 aromatic carbocycles. The van der Waals surface area contributed by atoms with Gasteiger partial charge in [0, 0.05) is 18.7 Å². The van der Waals surface area contributed by atoms with Crippen molar-refractivity contribution in [3.05, 3.63) is 62.4 Å². The van der Waals surface area contributed by atoms with Gasteiger partial charge in [-0.3, -0.25) is 4.79 Å². The summed E-state index contributed by atoms with van der Waals surface area (Å²) in [4.78, 5) is 29.2. The van der Waals surface area contributed by atoms with E-state index in [0.29, 0.717) is 28.5 Å². The molecule has 0 spiro atoms. The highest BCUT2D eigenvalue weighted by Crippen LogP contribution is 2.23. The Hall–Kier alpha value is -2.19. The van der Waals surface area contributed by atoms with Gasteiger partial charge in [0.1, 0.15) is 0 Å². The van der Waals surface area contributed by atoms with Gasteiger partial charge >= 0.3 is 5.97 Å². The first-order valence-electron chi connectivity index (χ1n) is 8.19. The average molecular weight is 439 g/mol. The number of hydrogen-bond donors (Lipinski definition) is 0. The largest absolute Gasteiger partial charge is 0.465 e. The number of fused-ring (bicyclic) bond motifs is 1. The number of ether oxygens (including phenoxy) is 2. The first-order chi connectivity index (χ1) is 13.4. The summed E-state index contributed by atoms with van der Waals surface area (Å²) in [7, 11) is 2.92. The van der Waals surface area contributed by atoms with Crippen LogP contribution in [0.1, 0.15) is 20.7 Å². The molecule has 0 saturated heterocycles. The fourth-order valence-corrected chi connectivity index (χ4v) is 4.07. The third-order valence-electron chi connectivity index (χ3n) is 3.98. The lowest BCUT2D eigenvalue weighted by atomic mass is 10.2. The van der Waals surface area contributed by atoms with Gasteiger partial charge in [-0.2, -0.15) is 4.99 Å². The van der Waals surface area contributed by atoms with Crippen LogP contribution in [0.3, 0.4) is 0 Å². The molecule has 1 heterocycles. The van der Waals surface area contributed by atoms with Gasteiger partial charge in [-0.05, 0) is 36.4 Å². The van der Waals surface area contributed by atoms with Crippen molar-refractivity contribution in [2.75, 3.05) is 20.8 Å². The van der Waals surface area contributed by atoms with Crippen LogP contribution >= 0.6 is 34.5 Å². The third kappa shape index (κ3) is 4.28. The SMILES string of the molecule is COCCn1c(=NC(=O)c2cc(Cl)ccc2Cl)sc2cc(C(=O)OC)ccc21. The van der Waals surface area contributed by atoms with Crippen LogP contribution in [0.4, 0.5) is 0 Å². The minimum Gasteiger partial charge on any atom is -0.465 e. The van der Waals surface area contributed by atoms with E-state index in [2.05, 4.69) is 4.99 Å². The van der Waals surface area contributed by atoms with E-state index in [1.807, 2.05) is 4.57 Å². The molecule has 6 nitrogen and oxygen atoms in total. The Morgan fingerprint density at radius 2 is 1.93 bits per heavy atom. The van der Waals surface area contributed by atoms with Crippen molar-refractivity contribution in [3.63, 3.8) is 0 Å². The zero-order valence-electron chi connectivity index (χ0n) is 15.1. The van der Waals surface area contributed by atoms with Gasteiger partial charge in [0.15, 0.2) is 4.80 Å². The number of amides is 1. The third-order valence-corrected chi connectivity index (χ3v) is 5.58. The number of methoxy groups -OCH3 is 2. The molecule has 1 amide bonds. The number of carbonyl (C=O) groups is 2. The van der Waals surface area contributed by atoms with Crippen molar-refractivity contribution in [1.82, 2.24) is 4.57 Å². The normalized spacial score (nSPS) is 11.8. The molecule has 0 aliphatic heterocycles. The average Bonchev–Trinajstić information content (AvgIpc) is 3.03. The zero-order chi connectivity index (χ0) is 20.3. The van der Waals surface area contributed by atoms with Crippen LogP contribution in [0.2, 0.25) is 10.0 Å². The van der Waals surface area contributed by atoms with E-state index in [-0.39, 0.29) is 10.6 Å². The van der Waals surface area contributed by atoms with Crippen molar-refractivity contribution in [2.45, 2.75) is 6.54 Å². The van der Waals surface area contributed by atoms with Crippen molar-refractivity contribution in [1.29, 1.82) is 0 Å². The predicted octanol–water partition coefficient (Wildman–Crippen LogP) is 4.18. The van der Waals surface area contributed by atoms with Crippen LogP contribution in [0.5, 0.6) is 0 Å². The summed E-state index contributed by atoms with van der Waals surface area (Å²) in [5.74, 6) is -0.933. The highest BCUT2D eigenvalue weighted by molar-refractivity contribution is 7.16. The number of halogens is 2. The Morgan fingerprint density at radius 3 is 2.64 bits per heavy atom. The minimum absolute atomic E-state index is 0.222. The molecule has 0 radical (unpaired) electrons. The van der Waals surface area contributed by atoms with E-state index in [1.54, 1.807) is 37.4 Å². The lowest BCUT2D eigenvalue weighted by molar-refractivity contribution is 0.0601. The second-order valence-corrected chi connectivity index (χ2v) is 7.60. The van der Waals surface area contributed by atoms with Crippen LogP contribution in [0.15, 0.2) is 41.4 Å². The fraction of sp³-hybridized carbons (Fsp3) is 0.211. The molecule has 0 unspecified atom stereocenters. The maximum atomic E-state index is 12.7. The van der Waals surface area contributed by atoms with Gasteiger partial charge in [0.25, 0.3) is 5.91 Å². The van der Waals surface area contributed by atoms with E-state index in [0.717, 1.165) is 10.2 Å². The van der Waals surface area contributed by atoms with Crippen molar-refractivity contribution >= 4 is 56.6 Å². The predicted molar refractivity (Wildman–Crippen MR) is 109 cm³/mol. The molecule has 3 aromatic rings. The Bertz CT molecular complexity index is 1120. The fourth-order valence-electron chi connectivity index (χ4n) is 2.61. The van der Waals surface area contributed by atoms with Crippen LogP contribution in [0.25, 0.3) is 10.2 Å². The molecule has 1 aromatic heterocycles. The summed E-state index contributed by atoms with van der Waals surface area (Å²) in [5.41, 5.74) is 1.48. The second kappa shape index (κ2) is 8.87. The van der Waals surface area contributed by atoms with E-state index in [9.17, 15) is 9.59 Å². The van der Waals surface area contributed by atoms with Crippen LogP contribution in [-0.4, -0.2) is 37.3 Å². The second-order valence-electron chi connectivity index (χ2n) is 5.74. The Balaban J connectivity index is 2.14. The monoisotopic (exact) mass is 438 g/mol. The van der Waals surface area contributed by atoms with Gasteiger partial charge in [-0.15, -0.1) is 0 Å². The Morgan fingerprint density at radius 1 is 1.14 bits per heavy atom. The maximum Gasteiger partial charge on any atom is 0.337 e. The maximum absolute atomic E-state index is 12.7. The summed E-state index contributed by atoms with van der Waals surface area (Å²) in [6.07, 6.45) is 0. The summed E-state index contributed by atoms with van der Waals surface area (Å²) in [6.45, 7) is 0.924. The van der Waals surface area contributed by atoms with Gasteiger partial charge in [0.2, 0.25) is 0 Å². The Labute approximate surface area is 174 Å². The van der Waals surface area contributed by atoms with E-state index >= 15 is 0 Å². The van der Waals surface area contributed by atoms with Gasteiger partial charge in [0.05, 0.1) is 40.1 Å². The molecular formula is C19H16Cl2N2O4S. The molecule has 28 heavy (non-hydrogen) atoms. The highest BCUT2D eigenvalue weighted by atomic mass is 35.5. The summed E-state index contributed by atoms with van der Waals surface area (Å²) in [6, 6.07) is 9.82. The van der Waals surface area contributed by atoms with Crippen molar-refractivity contribution in [2.24, 2.45) is 4.99 Å². The molecule has 0 aliphatic carbocycles. The molecular weight excluding hydrogens is 423 g/mol. The Kier molecular flexibility index (Phi) is 6.51. The van der Waals surface area contributed by atoms with Crippen LogP contribution < -0.4 is 4.80 Å². The van der Waals surface area contributed by atoms with Crippen molar-refractivity contribution in [3.8, 4) is 0 Å². The number of nitrogens with zero attached hydrogens (tertiary/aromatic N) is 2. The number of benzene rings is 2. The molecule has 0 bridgehead atoms. The molecule has 9 heteroatoms. The minimum atomic E-state index is -0.501. The summed E-state index contributed by atoms with van der Waals surface area (Å²) >= 11 is 13.4. The molecule has 3 rings (SSSR count). The smallest absolute Gasteiger partial charge is 0.337 e. The van der Waals surface area contributed by atoms with E-state index in [4.69, 9.17) is 32.7 Å². The quantitative estimate of drug-likeness (QED) is 0.560. The standard InChI is InChI=1S/C19H16Cl2N2O4S/c1-26-8-7-23-15-6-3-11(18(25)27-2)9-16(15)28-19(23)22-17(24)13-10-12(20)4-5-14(13)21/h3-6,9-10H,7-8H2,1-2H3. The number of hydrogen-bond acceptors (Lipinski definition) is 5. The van der Waals surface area contributed by atoms with E-state index < -0.39 is 11.9 Å². The lowest BCUT2D eigenvalue weighted by Gasteiger charge is -2.05. The van der Waals surface area contributed by atoms with E-state index in [1.165, 1.54) is 24.5 Å². The van der Waals surface area contributed by atoms with Gasteiger partial charge < -0.3 is 14.0 Å². The number of aromatic nitrogens is 1. The highest BCUT2D eigenvalue weighted by Gasteiger charge is 2.14. The lowest BCUT2D eigenvalue weighted by Crippen LogP contribution is -2.19. The first-order valence-corrected chi connectivity index (χ1v) is 9.76. The van der Waals surface area contributed by atoms with Crippen LogP contribution in [-0.2, 0) is 16.0 Å². The van der Waals surface area contributed by atoms with Gasteiger partial charge in [-0.1, -0.05) is 34.5 Å². The number of thiazole rings is 1. The molecule has 0 aliphatic rings. The number of esters is 1. The summed E-state index contributed by atoms with van der Waals surface area (Å²) in [5, 5.41) is 0.671. The zero-order valence-corrected chi connectivity index (χ0v) is 17.4. The molecule has 0 saturated carbocycles. The molecule has 146 valence electrons. The number of rotatable bonds is 5.